The summed E-state index contributed by atoms with van der Waals surface area (Å²) in [5.74, 6) is -0.255. The lowest BCUT2D eigenvalue weighted by Crippen LogP contribution is -2.39. The number of hydrogen-bond acceptors (Lipinski definition) is 1. The van der Waals surface area contributed by atoms with Gasteiger partial charge in [-0.3, -0.25) is 4.79 Å². The normalized spacial score (nSPS) is 19.5. The number of carbonyl (C=O) groups excluding carboxylic acids is 1. The summed E-state index contributed by atoms with van der Waals surface area (Å²) >= 11 is 3.00. The van der Waals surface area contributed by atoms with E-state index in [9.17, 15) is 31.1 Å². The molecule has 1 aliphatic carbocycles. The third-order valence-electron chi connectivity index (χ3n) is 6.62. The Morgan fingerprint density at radius 1 is 0.771 bits per heavy atom. The monoisotopic (exact) mass is 563 g/mol. The highest BCUT2D eigenvalue weighted by molar-refractivity contribution is 9.08. The summed E-state index contributed by atoms with van der Waals surface area (Å²) in [6.45, 7) is 0.697. The fourth-order valence-corrected chi connectivity index (χ4v) is 5.35. The van der Waals surface area contributed by atoms with E-state index in [1.165, 1.54) is 30.7 Å². The van der Waals surface area contributed by atoms with Gasteiger partial charge in [0, 0.05) is 23.8 Å². The van der Waals surface area contributed by atoms with Crippen LogP contribution in [-0.2, 0) is 28.9 Å². The van der Waals surface area contributed by atoms with E-state index in [-0.39, 0.29) is 34.7 Å². The van der Waals surface area contributed by atoms with Gasteiger partial charge in [-0.05, 0) is 48.9 Å². The molecule has 1 unspecified atom stereocenters. The molecule has 1 saturated carbocycles. The van der Waals surface area contributed by atoms with Crippen LogP contribution in [0.25, 0.3) is 0 Å². The summed E-state index contributed by atoms with van der Waals surface area (Å²) in [7, 11) is 0. The number of rotatable bonds is 4. The molecule has 0 bridgehead atoms. The SMILES string of the molecule is FC(F)(F)c1ccccc1CBr.O=C1C(Cc2ccccc2C(F)(F)F)CCN1C1CCCCC1. The summed E-state index contributed by atoms with van der Waals surface area (Å²) in [5.41, 5.74) is -0.667. The fourth-order valence-electron chi connectivity index (χ4n) is 4.86. The van der Waals surface area contributed by atoms with Gasteiger partial charge < -0.3 is 4.90 Å². The Kier molecular flexibility index (Phi) is 9.29. The van der Waals surface area contributed by atoms with Gasteiger partial charge in [0.05, 0.1) is 11.1 Å². The number of likely N-dealkylation sites (tertiary alicyclic amines) is 1. The predicted octanol–water partition coefficient (Wildman–Crippen LogP) is 8.03. The number of halogens is 7. The first-order valence-corrected chi connectivity index (χ1v) is 12.8. The Morgan fingerprint density at radius 2 is 1.29 bits per heavy atom. The lowest BCUT2D eigenvalue weighted by atomic mass is 9.93. The number of carbonyl (C=O) groups is 1. The van der Waals surface area contributed by atoms with Gasteiger partial charge in [0.15, 0.2) is 0 Å². The highest BCUT2D eigenvalue weighted by Crippen LogP contribution is 2.36. The van der Waals surface area contributed by atoms with Crippen molar-refractivity contribution in [3.8, 4) is 0 Å². The number of benzene rings is 2. The van der Waals surface area contributed by atoms with Crippen molar-refractivity contribution in [3.05, 3.63) is 70.8 Å². The van der Waals surface area contributed by atoms with Crippen LogP contribution in [0.15, 0.2) is 48.5 Å². The molecule has 0 radical (unpaired) electrons. The van der Waals surface area contributed by atoms with Crippen molar-refractivity contribution in [2.24, 2.45) is 5.92 Å². The molecule has 1 heterocycles. The molecule has 1 atom stereocenters. The van der Waals surface area contributed by atoms with Gasteiger partial charge in [-0.2, -0.15) is 26.3 Å². The first-order valence-electron chi connectivity index (χ1n) is 11.7. The third-order valence-corrected chi connectivity index (χ3v) is 7.23. The van der Waals surface area contributed by atoms with Crippen molar-refractivity contribution in [1.29, 1.82) is 0 Å². The van der Waals surface area contributed by atoms with Crippen LogP contribution in [0.2, 0.25) is 0 Å². The second-order valence-electron chi connectivity index (χ2n) is 8.96. The van der Waals surface area contributed by atoms with Gasteiger partial charge >= 0.3 is 12.4 Å². The lowest BCUT2D eigenvalue weighted by Gasteiger charge is -2.31. The third kappa shape index (κ3) is 7.24. The fraction of sp³-hybridized carbons (Fsp3) is 0.500. The van der Waals surface area contributed by atoms with E-state index in [2.05, 4.69) is 15.9 Å². The van der Waals surface area contributed by atoms with Gasteiger partial charge in [-0.15, -0.1) is 0 Å². The maximum absolute atomic E-state index is 13.1. The van der Waals surface area contributed by atoms with Crippen molar-refractivity contribution in [3.63, 3.8) is 0 Å². The van der Waals surface area contributed by atoms with E-state index in [4.69, 9.17) is 0 Å². The van der Waals surface area contributed by atoms with E-state index in [1.54, 1.807) is 12.1 Å². The minimum Gasteiger partial charge on any atom is -0.339 e. The summed E-state index contributed by atoms with van der Waals surface area (Å²) in [5, 5.41) is 0.225. The molecule has 2 fully saturated rings. The largest absolute Gasteiger partial charge is 0.416 e. The van der Waals surface area contributed by atoms with Crippen LogP contribution in [0.3, 0.4) is 0 Å². The first kappa shape index (κ1) is 27.6. The molecule has 4 rings (SSSR count). The molecule has 1 saturated heterocycles. The minimum absolute atomic E-state index is 0.0499. The zero-order chi connectivity index (χ0) is 25.6. The summed E-state index contributed by atoms with van der Waals surface area (Å²) in [6.07, 6.45) is -2.15. The topological polar surface area (TPSA) is 20.3 Å². The maximum Gasteiger partial charge on any atom is 0.416 e. The van der Waals surface area contributed by atoms with Crippen molar-refractivity contribution in [2.75, 3.05) is 6.54 Å². The average Bonchev–Trinajstić information content (AvgIpc) is 3.19. The van der Waals surface area contributed by atoms with E-state index < -0.39 is 23.5 Å². The standard InChI is InChI=1S/C18H22F3NO.C8H6BrF3/c19-18(20,21)16-9-5-4-6-13(16)12-14-10-11-22(17(14)23)15-7-2-1-3-8-15;9-5-6-3-1-2-4-7(6)8(10,11)12/h4-6,9,14-15H,1-3,7-8,10-12H2;1-4H,5H2. The van der Waals surface area contributed by atoms with E-state index >= 15 is 0 Å². The van der Waals surface area contributed by atoms with Crippen molar-refractivity contribution >= 4 is 21.8 Å². The molecular weight excluding hydrogens is 536 g/mol. The summed E-state index contributed by atoms with van der Waals surface area (Å²) in [6, 6.07) is 11.4. The predicted molar refractivity (Wildman–Crippen MR) is 126 cm³/mol. The molecule has 192 valence electrons. The molecule has 2 nitrogen and oxygen atoms in total. The van der Waals surface area contributed by atoms with Gasteiger partial charge in [0.1, 0.15) is 0 Å². The summed E-state index contributed by atoms with van der Waals surface area (Å²) in [4.78, 5) is 14.5. The second-order valence-corrected chi connectivity index (χ2v) is 9.52. The average molecular weight is 564 g/mol. The molecule has 2 aromatic carbocycles. The molecule has 1 aliphatic heterocycles. The van der Waals surface area contributed by atoms with Crippen LogP contribution in [0.5, 0.6) is 0 Å². The highest BCUT2D eigenvalue weighted by atomic mass is 79.9. The number of alkyl halides is 7. The molecule has 0 N–H and O–H groups in total. The smallest absolute Gasteiger partial charge is 0.339 e. The Hall–Kier alpha value is -2.03. The second kappa shape index (κ2) is 11.8. The van der Waals surface area contributed by atoms with Crippen LogP contribution in [-0.4, -0.2) is 23.4 Å². The van der Waals surface area contributed by atoms with E-state index in [1.807, 2.05) is 4.90 Å². The molecular formula is C26H28BrF6NO. The molecule has 1 amide bonds. The first-order chi connectivity index (χ1) is 16.5. The van der Waals surface area contributed by atoms with Crippen molar-refractivity contribution in [2.45, 2.75) is 68.7 Å². The van der Waals surface area contributed by atoms with Crippen LogP contribution in [0, 0.1) is 5.92 Å². The zero-order valence-electron chi connectivity index (χ0n) is 19.1. The Morgan fingerprint density at radius 3 is 1.80 bits per heavy atom. The Balaban J connectivity index is 0.000000241. The maximum atomic E-state index is 13.1. The Bertz CT molecular complexity index is 984. The molecule has 9 heteroatoms. The highest BCUT2D eigenvalue weighted by Gasteiger charge is 2.39. The number of nitrogens with zero attached hydrogens (tertiary/aromatic N) is 1. The van der Waals surface area contributed by atoms with Gasteiger partial charge in [0.2, 0.25) is 5.91 Å². The number of amides is 1. The van der Waals surface area contributed by atoms with Crippen molar-refractivity contribution < 1.29 is 31.1 Å². The molecule has 2 aliphatic rings. The zero-order valence-corrected chi connectivity index (χ0v) is 20.7. The lowest BCUT2D eigenvalue weighted by molar-refractivity contribution is -0.139. The van der Waals surface area contributed by atoms with Crippen molar-refractivity contribution in [1.82, 2.24) is 4.90 Å². The summed E-state index contributed by atoms with van der Waals surface area (Å²) < 4.78 is 75.9. The van der Waals surface area contributed by atoms with Crippen LogP contribution in [0.1, 0.15) is 60.8 Å². The van der Waals surface area contributed by atoms with Gasteiger partial charge in [0.25, 0.3) is 0 Å². The van der Waals surface area contributed by atoms with Crippen LogP contribution >= 0.6 is 15.9 Å². The molecule has 0 spiro atoms. The molecule has 0 aromatic heterocycles. The van der Waals surface area contributed by atoms with E-state index in [0.717, 1.165) is 37.8 Å². The minimum atomic E-state index is -4.36. The Labute approximate surface area is 209 Å². The van der Waals surface area contributed by atoms with Gasteiger partial charge in [-0.1, -0.05) is 71.6 Å². The number of hydrogen-bond donors (Lipinski definition) is 0. The van der Waals surface area contributed by atoms with E-state index in [0.29, 0.717) is 19.0 Å². The quantitative estimate of drug-likeness (QED) is 0.272. The molecule has 2 aromatic rings. The van der Waals surface area contributed by atoms with Crippen LogP contribution in [0.4, 0.5) is 26.3 Å². The van der Waals surface area contributed by atoms with Gasteiger partial charge in [-0.25, -0.2) is 0 Å². The molecule has 35 heavy (non-hydrogen) atoms. The van der Waals surface area contributed by atoms with Crippen LogP contribution < -0.4 is 0 Å².